The molecule has 1 aromatic carbocycles. The molecule has 0 saturated carbocycles. The number of carboxylic acids is 1. The Labute approximate surface area is 177 Å². The molecule has 162 valence electrons. The first-order valence-electron chi connectivity index (χ1n) is 9.62. The number of Topliss-reactive ketones (excluding diaryl/α,β-unsaturated/α-hetero) is 1. The zero-order valence-corrected chi connectivity index (χ0v) is 17.2. The van der Waals surface area contributed by atoms with E-state index in [1.165, 1.54) is 0 Å². The van der Waals surface area contributed by atoms with Crippen molar-refractivity contribution < 1.29 is 34.1 Å². The van der Waals surface area contributed by atoms with E-state index in [2.05, 4.69) is 5.32 Å². The summed E-state index contributed by atoms with van der Waals surface area (Å²) in [6.45, 7) is 2.42. The summed E-state index contributed by atoms with van der Waals surface area (Å²) in [5.41, 5.74) is 0.760. The molecule has 3 N–H and O–H groups in total. The molecule has 2 aliphatic heterocycles. The van der Waals surface area contributed by atoms with Crippen LogP contribution in [0.1, 0.15) is 18.9 Å². The molecule has 10 heteroatoms. The Morgan fingerprint density at radius 2 is 2.00 bits per heavy atom. The molecule has 0 bridgehead atoms. The number of hydrogen-bond donors (Lipinski definition) is 3. The van der Waals surface area contributed by atoms with Crippen LogP contribution in [0.5, 0.6) is 0 Å². The first kappa shape index (κ1) is 22.3. The van der Waals surface area contributed by atoms with E-state index >= 15 is 0 Å². The Hall–Kier alpha value is -2.43. The van der Waals surface area contributed by atoms with Gasteiger partial charge >= 0.3 is 5.97 Å². The second-order valence-electron chi connectivity index (χ2n) is 7.39. The predicted molar refractivity (Wildman–Crippen MR) is 107 cm³/mol. The molecule has 0 radical (unpaired) electrons. The Bertz CT molecular complexity index is 819. The number of rotatable bonds is 9. The lowest BCUT2D eigenvalue weighted by Crippen LogP contribution is -2.73. The molecule has 3 unspecified atom stereocenters. The lowest BCUT2D eigenvalue weighted by molar-refractivity contribution is -0.178. The number of hydrogen-bond acceptors (Lipinski definition) is 7. The zero-order chi connectivity index (χ0) is 21.8. The van der Waals surface area contributed by atoms with Crippen LogP contribution in [0.2, 0.25) is 0 Å². The van der Waals surface area contributed by atoms with Gasteiger partial charge in [0.05, 0.1) is 12.2 Å². The van der Waals surface area contributed by atoms with Gasteiger partial charge in [-0.2, -0.15) is 0 Å². The van der Waals surface area contributed by atoms with E-state index in [1.807, 2.05) is 13.0 Å². The van der Waals surface area contributed by atoms with Gasteiger partial charge < -0.3 is 20.3 Å². The van der Waals surface area contributed by atoms with E-state index in [1.54, 1.807) is 24.3 Å². The van der Waals surface area contributed by atoms with E-state index in [0.29, 0.717) is 6.61 Å². The molecule has 0 aliphatic carbocycles. The molecule has 2 heterocycles. The van der Waals surface area contributed by atoms with Crippen LogP contribution in [-0.2, 0) is 30.3 Å². The third-order valence-electron chi connectivity index (χ3n) is 5.19. The average Bonchev–Trinajstić information content (AvgIpc) is 3.15. The van der Waals surface area contributed by atoms with Crippen molar-refractivity contribution in [2.75, 3.05) is 12.4 Å². The first-order valence-corrected chi connectivity index (χ1v) is 10.7. The molecule has 5 atom stereocenters. The number of aliphatic hydroxyl groups excluding tert-OH is 1. The number of nitrogens with one attached hydrogen (secondary N) is 1. The second kappa shape index (κ2) is 9.59. The normalized spacial score (nSPS) is 26.7. The molecule has 2 amide bonds. The summed E-state index contributed by atoms with van der Waals surface area (Å²) in [7, 11) is 0. The van der Waals surface area contributed by atoms with Crippen molar-refractivity contribution in [3.8, 4) is 0 Å². The summed E-state index contributed by atoms with van der Waals surface area (Å²) in [5, 5.41) is 20.7. The highest BCUT2D eigenvalue weighted by atomic mass is 32.2. The maximum absolute atomic E-state index is 12.4. The minimum absolute atomic E-state index is 0.0269. The molecule has 0 aromatic heterocycles. The van der Waals surface area contributed by atoms with Crippen molar-refractivity contribution in [1.29, 1.82) is 0 Å². The number of aliphatic carboxylic acids is 1. The van der Waals surface area contributed by atoms with E-state index in [9.17, 15) is 24.3 Å². The van der Waals surface area contributed by atoms with Crippen molar-refractivity contribution in [1.82, 2.24) is 10.2 Å². The SMILES string of the molecule is CC1CCOC1C(=O)CS[C@@H]1[C@H](NC(=O)Cc2ccccc2)C(=O)N1C(O)C(=O)O. The summed E-state index contributed by atoms with van der Waals surface area (Å²) in [4.78, 5) is 49.1. The monoisotopic (exact) mass is 436 g/mol. The third-order valence-corrected chi connectivity index (χ3v) is 6.48. The zero-order valence-electron chi connectivity index (χ0n) is 16.4. The molecule has 1 aromatic rings. The number of ketones is 1. The van der Waals surface area contributed by atoms with E-state index in [4.69, 9.17) is 9.84 Å². The van der Waals surface area contributed by atoms with Gasteiger partial charge in [-0.25, -0.2) is 4.79 Å². The maximum atomic E-state index is 12.4. The highest BCUT2D eigenvalue weighted by molar-refractivity contribution is 8.00. The van der Waals surface area contributed by atoms with Gasteiger partial charge in [-0.1, -0.05) is 37.3 Å². The van der Waals surface area contributed by atoms with Crippen LogP contribution in [0, 0.1) is 5.92 Å². The van der Waals surface area contributed by atoms with Crippen LogP contribution in [-0.4, -0.2) is 74.8 Å². The Balaban J connectivity index is 1.64. The lowest BCUT2D eigenvalue weighted by atomic mass is 10.0. The number of ether oxygens (including phenoxy) is 1. The van der Waals surface area contributed by atoms with Gasteiger partial charge in [0.25, 0.3) is 5.91 Å². The van der Waals surface area contributed by atoms with Gasteiger partial charge in [-0.15, -0.1) is 11.8 Å². The van der Waals surface area contributed by atoms with Crippen LogP contribution in [0.25, 0.3) is 0 Å². The number of carboxylic acid groups (broad SMARTS) is 1. The molecule has 0 spiro atoms. The minimum atomic E-state index is -2.05. The second-order valence-corrected chi connectivity index (χ2v) is 8.50. The fourth-order valence-electron chi connectivity index (χ4n) is 3.54. The highest BCUT2D eigenvalue weighted by Gasteiger charge is 2.53. The highest BCUT2D eigenvalue weighted by Crippen LogP contribution is 2.33. The molecule has 9 nitrogen and oxygen atoms in total. The number of nitrogens with zero attached hydrogens (tertiary/aromatic N) is 1. The number of likely N-dealkylation sites (tertiary alicyclic amines) is 1. The molecule has 30 heavy (non-hydrogen) atoms. The molecular formula is C20H24N2O7S. The Morgan fingerprint density at radius 1 is 1.30 bits per heavy atom. The van der Waals surface area contributed by atoms with Crippen molar-refractivity contribution in [3.63, 3.8) is 0 Å². The minimum Gasteiger partial charge on any atom is -0.478 e. The third kappa shape index (κ3) is 4.82. The summed E-state index contributed by atoms with van der Waals surface area (Å²) >= 11 is 1.01. The van der Waals surface area contributed by atoms with Crippen molar-refractivity contribution in [3.05, 3.63) is 35.9 Å². The number of thioether (sulfide) groups is 1. The van der Waals surface area contributed by atoms with Gasteiger partial charge in [0.1, 0.15) is 17.5 Å². The largest absolute Gasteiger partial charge is 0.478 e. The van der Waals surface area contributed by atoms with Crippen molar-refractivity contribution >= 4 is 35.3 Å². The van der Waals surface area contributed by atoms with Crippen LogP contribution >= 0.6 is 11.8 Å². The summed E-state index contributed by atoms with van der Waals surface area (Å²) in [6.07, 6.45) is -1.74. The van der Waals surface area contributed by atoms with E-state index in [0.717, 1.165) is 28.6 Å². The van der Waals surface area contributed by atoms with E-state index in [-0.39, 0.29) is 23.9 Å². The average molecular weight is 436 g/mol. The van der Waals surface area contributed by atoms with Gasteiger partial charge in [-0.05, 0) is 17.9 Å². The summed E-state index contributed by atoms with van der Waals surface area (Å²) in [5.74, 6) is -2.80. The lowest BCUT2D eigenvalue weighted by Gasteiger charge is -2.47. The van der Waals surface area contributed by atoms with Gasteiger partial charge in [-0.3, -0.25) is 19.3 Å². The number of β-lactam (4-membered cyclic amide) rings is 1. The summed E-state index contributed by atoms with van der Waals surface area (Å²) in [6, 6.07) is 7.93. The summed E-state index contributed by atoms with van der Waals surface area (Å²) < 4.78 is 5.45. The number of carbonyl (C=O) groups is 4. The maximum Gasteiger partial charge on any atom is 0.354 e. The Kier molecular flexibility index (Phi) is 7.11. The van der Waals surface area contributed by atoms with Crippen LogP contribution in [0.3, 0.4) is 0 Å². The molecule has 3 rings (SSSR count). The van der Waals surface area contributed by atoms with Gasteiger partial charge in [0, 0.05) is 6.61 Å². The Morgan fingerprint density at radius 3 is 2.60 bits per heavy atom. The van der Waals surface area contributed by atoms with Crippen molar-refractivity contribution in [2.45, 2.75) is 43.5 Å². The standard InChI is InChI=1S/C20H24N2O7S/c1-11-7-8-29-16(11)13(23)10-30-19-15(17(25)22(19)18(26)20(27)28)21-14(24)9-12-5-3-2-4-6-12/h2-6,11,15-16,18-19,26H,7-10H2,1H3,(H,21,24)(H,27,28)/t11?,15-,16?,18?,19-/m1/s1. The van der Waals surface area contributed by atoms with Crippen LogP contribution in [0.4, 0.5) is 0 Å². The number of carbonyl (C=O) groups excluding carboxylic acids is 3. The topological polar surface area (TPSA) is 133 Å². The molecule has 2 fully saturated rings. The quantitative estimate of drug-likeness (QED) is 0.461. The molecular weight excluding hydrogens is 412 g/mol. The molecule has 2 saturated heterocycles. The predicted octanol–water partition coefficient (Wildman–Crippen LogP) is 0.0125. The number of amides is 2. The van der Waals surface area contributed by atoms with Crippen LogP contribution < -0.4 is 5.32 Å². The first-order chi connectivity index (χ1) is 14.3. The van der Waals surface area contributed by atoms with E-state index < -0.39 is 41.5 Å². The fourth-order valence-corrected chi connectivity index (χ4v) is 4.79. The number of benzene rings is 1. The number of aliphatic hydroxyl groups is 1. The fraction of sp³-hybridized carbons (Fsp3) is 0.500. The van der Waals surface area contributed by atoms with Gasteiger partial charge in [0.15, 0.2) is 5.78 Å². The van der Waals surface area contributed by atoms with Crippen molar-refractivity contribution in [2.24, 2.45) is 5.92 Å². The van der Waals surface area contributed by atoms with Crippen LogP contribution in [0.15, 0.2) is 30.3 Å². The molecule has 2 aliphatic rings. The smallest absolute Gasteiger partial charge is 0.354 e. The van der Waals surface area contributed by atoms with Gasteiger partial charge in [0.2, 0.25) is 12.1 Å².